The van der Waals surface area contributed by atoms with Gasteiger partial charge in [0.25, 0.3) is 5.91 Å². The first-order chi connectivity index (χ1) is 15.3. The average Bonchev–Trinajstić information content (AvgIpc) is 3.44. The normalized spacial score (nSPS) is 14.6. The van der Waals surface area contributed by atoms with Crippen LogP contribution in [0, 0.1) is 6.92 Å². The van der Waals surface area contributed by atoms with Crippen LogP contribution in [-0.4, -0.2) is 41.5 Å². The number of aryl methyl sites for hydroxylation is 1. The highest BCUT2D eigenvalue weighted by molar-refractivity contribution is 7.89. The molecule has 1 amide bonds. The Morgan fingerprint density at radius 2 is 1.88 bits per heavy atom. The number of hydrogen-bond donors (Lipinski definition) is 1. The number of aromatic nitrogens is 2. The number of halogens is 2. The zero-order valence-electron chi connectivity index (χ0n) is 17.4. The van der Waals surface area contributed by atoms with Crippen LogP contribution in [0.3, 0.4) is 0 Å². The third kappa shape index (κ3) is 4.54. The minimum atomic E-state index is -3.62. The minimum Gasteiger partial charge on any atom is -0.307 e. The van der Waals surface area contributed by atoms with Crippen LogP contribution in [0.5, 0.6) is 0 Å². The quantitative estimate of drug-likeness (QED) is 0.545. The molecule has 32 heavy (non-hydrogen) atoms. The molecule has 2 heterocycles. The predicted molar refractivity (Wildman–Crippen MR) is 125 cm³/mol. The molecule has 0 atom stereocenters. The van der Waals surface area contributed by atoms with E-state index in [1.807, 2.05) is 6.07 Å². The molecule has 0 bridgehead atoms. The first-order valence-corrected chi connectivity index (χ1v) is 12.3. The molecule has 0 aliphatic carbocycles. The van der Waals surface area contributed by atoms with E-state index < -0.39 is 15.9 Å². The van der Waals surface area contributed by atoms with E-state index >= 15 is 0 Å². The third-order valence-electron chi connectivity index (χ3n) is 5.47. The van der Waals surface area contributed by atoms with Crippen molar-refractivity contribution in [3.8, 4) is 0 Å². The zero-order valence-corrected chi connectivity index (χ0v) is 19.7. The van der Waals surface area contributed by atoms with Gasteiger partial charge in [0, 0.05) is 24.7 Å². The third-order valence-corrected chi connectivity index (χ3v) is 8.22. The van der Waals surface area contributed by atoms with Gasteiger partial charge in [-0.3, -0.25) is 4.79 Å². The Morgan fingerprint density at radius 3 is 2.62 bits per heavy atom. The standard InChI is InChI=1S/C22H22Cl2N4O3S/c1-15-7-8-17(32(30,31)27-11-2-3-12-27)13-18(15)22(29)26-20-9-10-25-28(20)14-16-5-4-6-19(23)21(16)24/h4-10,13H,2-3,11-12,14H2,1H3,(H,26,29). The number of carbonyl (C=O) groups is 1. The predicted octanol–water partition coefficient (Wildman–Crippen LogP) is 4.58. The number of nitrogens with one attached hydrogen (secondary N) is 1. The number of benzene rings is 2. The maximum absolute atomic E-state index is 13.1. The van der Waals surface area contributed by atoms with Crippen molar-refractivity contribution < 1.29 is 13.2 Å². The lowest BCUT2D eigenvalue weighted by molar-refractivity contribution is 0.102. The summed E-state index contributed by atoms with van der Waals surface area (Å²) in [5.74, 6) is 0.0400. The monoisotopic (exact) mass is 492 g/mol. The lowest BCUT2D eigenvalue weighted by Gasteiger charge is -2.17. The van der Waals surface area contributed by atoms with E-state index in [9.17, 15) is 13.2 Å². The van der Waals surface area contributed by atoms with Crippen LogP contribution in [-0.2, 0) is 16.6 Å². The van der Waals surface area contributed by atoms with E-state index in [0.29, 0.717) is 46.6 Å². The van der Waals surface area contributed by atoms with Crippen molar-refractivity contribution in [2.24, 2.45) is 0 Å². The van der Waals surface area contributed by atoms with E-state index in [0.717, 1.165) is 18.4 Å². The van der Waals surface area contributed by atoms with E-state index in [4.69, 9.17) is 23.2 Å². The van der Waals surface area contributed by atoms with Crippen LogP contribution in [0.15, 0.2) is 53.6 Å². The molecule has 168 valence electrons. The number of sulfonamides is 1. The largest absolute Gasteiger partial charge is 0.307 e. The molecule has 4 rings (SSSR count). The number of rotatable bonds is 6. The molecule has 0 radical (unpaired) electrons. The number of hydrogen-bond acceptors (Lipinski definition) is 4. The summed E-state index contributed by atoms with van der Waals surface area (Å²) in [4.78, 5) is 13.2. The molecule has 7 nitrogen and oxygen atoms in total. The van der Waals surface area contributed by atoms with Crippen molar-refractivity contribution in [1.29, 1.82) is 0 Å². The fourth-order valence-electron chi connectivity index (χ4n) is 3.66. The first-order valence-electron chi connectivity index (χ1n) is 10.1. The van der Waals surface area contributed by atoms with Gasteiger partial charge in [-0.15, -0.1) is 0 Å². The van der Waals surface area contributed by atoms with Gasteiger partial charge in [-0.25, -0.2) is 13.1 Å². The molecule has 1 aliphatic heterocycles. The summed E-state index contributed by atoms with van der Waals surface area (Å²) in [6, 6.07) is 11.6. The highest BCUT2D eigenvalue weighted by Gasteiger charge is 2.28. The summed E-state index contributed by atoms with van der Waals surface area (Å²) >= 11 is 12.4. The van der Waals surface area contributed by atoms with Gasteiger partial charge in [0.1, 0.15) is 5.82 Å². The van der Waals surface area contributed by atoms with Crippen molar-refractivity contribution in [3.63, 3.8) is 0 Å². The van der Waals surface area contributed by atoms with Gasteiger partial charge in [0.2, 0.25) is 10.0 Å². The summed E-state index contributed by atoms with van der Waals surface area (Å²) in [7, 11) is -3.62. The van der Waals surface area contributed by atoms with Gasteiger partial charge in [0.05, 0.1) is 27.7 Å². The molecule has 10 heteroatoms. The van der Waals surface area contributed by atoms with Crippen molar-refractivity contribution >= 4 is 45.0 Å². The van der Waals surface area contributed by atoms with E-state index in [-0.39, 0.29) is 4.90 Å². The first kappa shape index (κ1) is 22.8. The molecule has 1 N–H and O–H groups in total. The average molecular weight is 493 g/mol. The van der Waals surface area contributed by atoms with Crippen molar-refractivity contribution in [3.05, 3.63) is 75.4 Å². The number of carbonyl (C=O) groups excluding carboxylic acids is 1. The summed E-state index contributed by atoms with van der Waals surface area (Å²) in [6.07, 6.45) is 3.26. The van der Waals surface area contributed by atoms with Crippen molar-refractivity contribution in [2.45, 2.75) is 31.2 Å². The van der Waals surface area contributed by atoms with Gasteiger partial charge in [0.15, 0.2) is 0 Å². The zero-order chi connectivity index (χ0) is 22.9. The fourth-order valence-corrected chi connectivity index (χ4v) is 5.59. The van der Waals surface area contributed by atoms with Crippen molar-refractivity contribution in [2.75, 3.05) is 18.4 Å². The number of amides is 1. The lowest BCUT2D eigenvalue weighted by atomic mass is 10.1. The van der Waals surface area contributed by atoms with E-state index in [1.165, 1.54) is 10.4 Å². The van der Waals surface area contributed by atoms with Crippen LogP contribution in [0.4, 0.5) is 5.82 Å². The van der Waals surface area contributed by atoms with Crippen LogP contribution in [0.1, 0.15) is 34.3 Å². The van der Waals surface area contributed by atoms with E-state index in [2.05, 4.69) is 10.4 Å². The minimum absolute atomic E-state index is 0.120. The maximum atomic E-state index is 13.1. The fraction of sp³-hybridized carbons (Fsp3) is 0.273. The summed E-state index contributed by atoms with van der Waals surface area (Å²) in [5, 5.41) is 7.95. The van der Waals surface area contributed by atoms with Crippen LogP contribution in [0.2, 0.25) is 10.0 Å². The Hall–Kier alpha value is -2.39. The Kier molecular flexibility index (Phi) is 6.57. The molecule has 1 aliphatic rings. The molecule has 0 saturated carbocycles. The molecule has 3 aromatic rings. The Balaban J connectivity index is 1.58. The topological polar surface area (TPSA) is 84.3 Å². The lowest BCUT2D eigenvalue weighted by Crippen LogP contribution is -2.28. The Labute approximate surface area is 197 Å². The smallest absolute Gasteiger partial charge is 0.257 e. The second-order valence-corrected chi connectivity index (χ2v) is 10.4. The van der Waals surface area contributed by atoms with Crippen LogP contribution < -0.4 is 5.32 Å². The summed E-state index contributed by atoms with van der Waals surface area (Å²) in [6.45, 7) is 3.08. The SMILES string of the molecule is Cc1ccc(S(=O)(=O)N2CCCC2)cc1C(=O)Nc1ccnn1Cc1cccc(Cl)c1Cl. The van der Waals surface area contributed by atoms with Crippen LogP contribution >= 0.6 is 23.2 Å². The molecular weight excluding hydrogens is 471 g/mol. The maximum Gasteiger partial charge on any atom is 0.257 e. The molecule has 0 unspecified atom stereocenters. The number of nitrogens with zero attached hydrogens (tertiary/aromatic N) is 3. The van der Waals surface area contributed by atoms with Gasteiger partial charge < -0.3 is 5.32 Å². The highest BCUT2D eigenvalue weighted by atomic mass is 35.5. The Morgan fingerprint density at radius 1 is 1.12 bits per heavy atom. The molecular formula is C22H22Cl2N4O3S. The van der Waals surface area contributed by atoms with Gasteiger partial charge in [-0.2, -0.15) is 9.40 Å². The number of anilines is 1. The summed E-state index contributed by atoms with van der Waals surface area (Å²) in [5.41, 5.74) is 1.72. The van der Waals surface area contributed by atoms with Crippen molar-refractivity contribution in [1.82, 2.24) is 14.1 Å². The van der Waals surface area contributed by atoms with Crippen LogP contribution in [0.25, 0.3) is 0 Å². The van der Waals surface area contributed by atoms with E-state index in [1.54, 1.807) is 48.1 Å². The summed E-state index contributed by atoms with van der Waals surface area (Å²) < 4.78 is 28.9. The highest BCUT2D eigenvalue weighted by Crippen LogP contribution is 2.27. The molecule has 1 saturated heterocycles. The molecule has 2 aromatic carbocycles. The second-order valence-electron chi connectivity index (χ2n) is 7.63. The molecule has 1 aromatic heterocycles. The second kappa shape index (κ2) is 9.23. The molecule has 0 spiro atoms. The molecule has 1 fully saturated rings. The van der Waals surface area contributed by atoms with Gasteiger partial charge >= 0.3 is 0 Å². The van der Waals surface area contributed by atoms with Gasteiger partial charge in [-0.1, -0.05) is 41.4 Å². The Bertz CT molecular complexity index is 1270. The van der Waals surface area contributed by atoms with Gasteiger partial charge in [-0.05, 0) is 49.1 Å².